The van der Waals surface area contributed by atoms with E-state index in [9.17, 15) is 19.8 Å². The lowest BCUT2D eigenvalue weighted by Gasteiger charge is -2.28. The van der Waals surface area contributed by atoms with Gasteiger partial charge in [-0.2, -0.15) is 0 Å². The van der Waals surface area contributed by atoms with Crippen LogP contribution in [-0.2, 0) is 11.2 Å². The van der Waals surface area contributed by atoms with E-state index in [0.29, 0.717) is 17.4 Å². The molecule has 2 aromatic rings. The lowest BCUT2D eigenvalue weighted by Crippen LogP contribution is -2.21. The highest BCUT2D eigenvalue weighted by atomic mass is 16.5. The Hall–Kier alpha value is -3.08. The molecule has 25 heavy (non-hydrogen) atoms. The number of aldehydes is 1. The zero-order valence-corrected chi connectivity index (χ0v) is 13.7. The molecule has 1 atom stereocenters. The molecule has 0 bridgehead atoms. The predicted molar refractivity (Wildman–Crippen MR) is 92.1 cm³/mol. The molecule has 0 saturated heterocycles. The van der Waals surface area contributed by atoms with Crippen molar-refractivity contribution in [1.29, 1.82) is 0 Å². The monoisotopic (exact) mass is 338 g/mol. The van der Waals surface area contributed by atoms with E-state index >= 15 is 0 Å². The van der Waals surface area contributed by atoms with Gasteiger partial charge in [0.1, 0.15) is 35.2 Å². The summed E-state index contributed by atoms with van der Waals surface area (Å²) in [5.41, 5.74) is 1.80. The summed E-state index contributed by atoms with van der Waals surface area (Å²) in [6, 6.07) is 10.5. The van der Waals surface area contributed by atoms with E-state index in [2.05, 4.69) is 0 Å². The average molecular weight is 338 g/mol. The number of rotatable bonds is 4. The first-order valence-electron chi connectivity index (χ1n) is 7.95. The van der Waals surface area contributed by atoms with Crippen molar-refractivity contribution in [3.8, 4) is 17.2 Å². The van der Waals surface area contributed by atoms with E-state index in [-0.39, 0.29) is 41.4 Å². The average Bonchev–Trinajstić information content (AvgIpc) is 2.61. The number of hydrogen-bond acceptors (Lipinski definition) is 5. The van der Waals surface area contributed by atoms with Crippen molar-refractivity contribution in [1.82, 2.24) is 0 Å². The molecule has 2 aromatic carbocycles. The second-order valence-electron chi connectivity index (χ2n) is 6.01. The molecule has 0 unspecified atom stereocenters. The van der Waals surface area contributed by atoms with Gasteiger partial charge in [-0.15, -0.1) is 0 Å². The predicted octanol–water partition coefficient (Wildman–Crippen LogP) is 3.49. The molecule has 0 aromatic heterocycles. The topological polar surface area (TPSA) is 83.8 Å². The molecule has 0 spiro atoms. The Balaban J connectivity index is 2.07. The summed E-state index contributed by atoms with van der Waals surface area (Å²) in [4.78, 5) is 23.3. The maximum absolute atomic E-state index is 12.6. The molecule has 1 heterocycles. The molecule has 0 saturated carbocycles. The molecule has 0 fully saturated rings. The third kappa shape index (κ3) is 3.26. The standard InChI is InChI=1S/C20H18O5/c1-12(11-21)7-8-14-15(22)9-16(23)19-17(24)10-18(25-20(14)19)13-5-3-2-4-6-13/h2-7,9,11,18,22-23H,8,10H2,1H3/b12-7-/t18-/m1/s1. The number of benzene rings is 2. The lowest BCUT2D eigenvalue weighted by atomic mass is 9.92. The largest absolute Gasteiger partial charge is 0.507 e. The van der Waals surface area contributed by atoms with Gasteiger partial charge in [0.2, 0.25) is 0 Å². The third-order valence-electron chi connectivity index (χ3n) is 4.24. The van der Waals surface area contributed by atoms with Crippen molar-refractivity contribution in [2.75, 3.05) is 0 Å². The fourth-order valence-corrected chi connectivity index (χ4v) is 2.89. The van der Waals surface area contributed by atoms with E-state index < -0.39 is 6.10 Å². The van der Waals surface area contributed by atoms with Crippen molar-refractivity contribution in [2.45, 2.75) is 25.9 Å². The van der Waals surface area contributed by atoms with Gasteiger partial charge in [-0.05, 0) is 24.5 Å². The Morgan fingerprint density at radius 3 is 2.64 bits per heavy atom. The van der Waals surface area contributed by atoms with Crippen molar-refractivity contribution in [3.63, 3.8) is 0 Å². The minimum absolute atomic E-state index is 0.0807. The Morgan fingerprint density at radius 2 is 1.96 bits per heavy atom. The van der Waals surface area contributed by atoms with Gasteiger partial charge in [-0.25, -0.2) is 0 Å². The Morgan fingerprint density at radius 1 is 1.24 bits per heavy atom. The Labute approximate surface area is 145 Å². The van der Waals surface area contributed by atoms with E-state index in [1.165, 1.54) is 0 Å². The van der Waals surface area contributed by atoms with E-state index in [4.69, 9.17) is 4.74 Å². The van der Waals surface area contributed by atoms with Gasteiger partial charge in [0, 0.05) is 11.6 Å². The molecular formula is C20H18O5. The zero-order valence-electron chi connectivity index (χ0n) is 13.7. The molecule has 1 aliphatic heterocycles. The number of ether oxygens (including phenoxy) is 1. The van der Waals surface area contributed by atoms with Crippen molar-refractivity contribution in [3.05, 3.63) is 64.7 Å². The maximum Gasteiger partial charge on any atom is 0.174 e. The van der Waals surface area contributed by atoms with Crippen LogP contribution < -0.4 is 4.74 Å². The van der Waals surface area contributed by atoms with E-state index in [0.717, 1.165) is 11.6 Å². The number of phenols is 2. The first kappa shape index (κ1) is 16.8. The summed E-state index contributed by atoms with van der Waals surface area (Å²) in [5.74, 6) is -0.543. The summed E-state index contributed by atoms with van der Waals surface area (Å²) >= 11 is 0. The minimum Gasteiger partial charge on any atom is -0.507 e. The number of phenolic OH excluding ortho intramolecular Hbond substituents is 2. The number of carbonyl (C=O) groups excluding carboxylic acids is 2. The summed E-state index contributed by atoms with van der Waals surface area (Å²) < 4.78 is 5.99. The SMILES string of the molecule is C/C(C=O)=C/Cc1c(O)cc(O)c2c1O[C@@H](c1ccccc1)CC2=O. The van der Waals surface area contributed by atoms with Crippen molar-refractivity contribution < 1.29 is 24.5 Å². The number of Topliss-reactive ketones (excluding diaryl/α,β-unsaturated/α-hetero) is 1. The smallest absolute Gasteiger partial charge is 0.174 e. The van der Waals surface area contributed by atoms with Gasteiger partial charge in [0.25, 0.3) is 0 Å². The van der Waals surface area contributed by atoms with Crippen LogP contribution in [0.1, 0.15) is 40.9 Å². The van der Waals surface area contributed by atoms with Crippen LogP contribution in [0.3, 0.4) is 0 Å². The summed E-state index contributed by atoms with van der Waals surface area (Å²) in [7, 11) is 0. The molecule has 5 heteroatoms. The number of fused-ring (bicyclic) bond motifs is 1. The highest BCUT2D eigenvalue weighted by Crippen LogP contribution is 2.45. The van der Waals surface area contributed by atoms with Crippen LogP contribution in [0, 0.1) is 0 Å². The molecule has 3 rings (SSSR count). The summed E-state index contributed by atoms with van der Waals surface area (Å²) in [6.45, 7) is 1.65. The first-order valence-corrected chi connectivity index (χ1v) is 7.95. The molecule has 2 N–H and O–H groups in total. The van der Waals surface area contributed by atoms with Gasteiger partial charge >= 0.3 is 0 Å². The molecule has 128 valence electrons. The lowest BCUT2D eigenvalue weighted by molar-refractivity contribution is -0.104. The molecule has 0 radical (unpaired) electrons. The zero-order chi connectivity index (χ0) is 18.0. The van der Waals surface area contributed by atoms with Crippen LogP contribution in [-0.4, -0.2) is 22.3 Å². The molecule has 0 amide bonds. The number of hydrogen-bond donors (Lipinski definition) is 2. The van der Waals surface area contributed by atoms with Crippen LogP contribution in [0.15, 0.2) is 48.0 Å². The highest BCUT2D eigenvalue weighted by Gasteiger charge is 2.33. The number of carbonyl (C=O) groups is 2. The van der Waals surface area contributed by atoms with Crippen LogP contribution in [0.4, 0.5) is 0 Å². The Kier molecular flexibility index (Phi) is 4.57. The normalized spacial score (nSPS) is 16.9. The molecule has 0 aliphatic carbocycles. The fraction of sp³-hybridized carbons (Fsp3) is 0.200. The van der Waals surface area contributed by atoms with Gasteiger partial charge in [-0.3, -0.25) is 9.59 Å². The quantitative estimate of drug-likeness (QED) is 0.658. The maximum atomic E-state index is 12.6. The van der Waals surface area contributed by atoms with Gasteiger partial charge in [0.05, 0.1) is 6.42 Å². The van der Waals surface area contributed by atoms with Crippen LogP contribution in [0.2, 0.25) is 0 Å². The fourth-order valence-electron chi connectivity index (χ4n) is 2.89. The Bertz CT molecular complexity index is 852. The van der Waals surface area contributed by atoms with Crippen molar-refractivity contribution in [2.24, 2.45) is 0 Å². The molecule has 1 aliphatic rings. The van der Waals surface area contributed by atoms with Crippen LogP contribution in [0.5, 0.6) is 17.2 Å². The van der Waals surface area contributed by atoms with E-state index in [1.54, 1.807) is 13.0 Å². The summed E-state index contributed by atoms with van der Waals surface area (Å²) in [5, 5.41) is 20.3. The first-order chi connectivity index (χ1) is 12.0. The number of aromatic hydroxyl groups is 2. The highest BCUT2D eigenvalue weighted by molar-refractivity contribution is 6.03. The molecule has 5 nitrogen and oxygen atoms in total. The van der Waals surface area contributed by atoms with Gasteiger partial charge in [-0.1, -0.05) is 36.4 Å². The number of allylic oxidation sites excluding steroid dienone is 2. The van der Waals surface area contributed by atoms with Crippen LogP contribution in [0.25, 0.3) is 0 Å². The van der Waals surface area contributed by atoms with E-state index in [1.807, 2.05) is 30.3 Å². The second-order valence-corrected chi connectivity index (χ2v) is 6.01. The van der Waals surface area contributed by atoms with Gasteiger partial charge < -0.3 is 14.9 Å². The molecular weight excluding hydrogens is 320 g/mol. The minimum atomic E-state index is -0.489. The van der Waals surface area contributed by atoms with Crippen molar-refractivity contribution >= 4 is 12.1 Å². The van der Waals surface area contributed by atoms with Gasteiger partial charge in [0.15, 0.2) is 5.78 Å². The summed E-state index contributed by atoms with van der Waals surface area (Å²) in [6.07, 6.45) is 2.19. The van der Waals surface area contributed by atoms with Crippen LogP contribution >= 0.6 is 0 Å². The second kappa shape index (κ2) is 6.81. The number of ketones is 1. The third-order valence-corrected chi connectivity index (χ3v) is 4.24.